The molecule has 14 heteroatoms. The van der Waals surface area contributed by atoms with Gasteiger partial charge >= 0.3 is 12.2 Å². The lowest BCUT2D eigenvalue weighted by atomic mass is 10.0. The van der Waals surface area contributed by atoms with Gasteiger partial charge < -0.3 is 40.3 Å². The molecule has 3 aliphatic rings. The van der Waals surface area contributed by atoms with E-state index in [0.717, 1.165) is 84.4 Å². The van der Waals surface area contributed by atoms with Crippen molar-refractivity contribution in [2.75, 3.05) is 20.2 Å². The predicted molar refractivity (Wildman–Crippen MR) is 211 cm³/mol. The Labute approximate surface area is 330 Å². The largest absolute Gasteiger partial charge is 0.453 e. The van der Waals surface area contributed by atoms with Gasteiger partial charge in [0.2, 0.25) is 12.0 Å². The van der Waals surface area contributed by atoms with Crippen molar-refractivity contribution < 1.29 is 28.7 Å². The molecule has 3 fully saturated rings. The minimum Gasteiger partial charge on any atom is -0.453 e. The first-order valence-electron chi connectivity index (χ1n) is 19.5. The van der Waals surface area contributed by atoms with E-state index in [1.165, 1.54) is 7.11 Å². The highest BCUT2D eigenvalue weighted by Gasteiger charge is 2.41. The second-order valence-electron chi connectivity index (χ2n) is 14.9. The molecule has 0 radical (unpaired) electrons. The standard InChI is InChI=1S/C43H46N8O6/c1-56-43(55)49-32-11-5-10-31(32)40(52)50-22-6-12-35(50)38-45-24-33(47-38)28-18-14-26(15-19-28)27-16-20-29(21-17-27)34-25-46-39(48-34)36-13-7-23-51(36)41(53)37(57-42(44)54)30-8-3-2-4-9-30/h2-4,8-9,14-21,24-25,31-32,35-37H,5-7,10-13,22-23H2,1H3,(H2,44,54)(H,45,47)(H,46,48)(H,49,55)/t31-,32-,35-,36-,37+/m0/s1. The first-order chi connectivity index (χ1) is 27.8. The number of ether oxygens (including phenoxy) is 2. The first-order valence-corrected chi connectivity index (χ1v) is 19.5. The van der Waals surface area contributed by atoms with Crippen LogP contribution in [0.5, 0.6) is 0 Å². The van der Waals surface area contributed by atoms with E-state index in [4.69, 9.17) is 20.2 Å². The normalized spacial score (nSPS) is 21.0. The van der Waals surface area contributed by atoms with Gasteiger partial charge in [-0.1, -0.05) is 85.3 Å². The number of nitrogens with zero attached hydrogens (tertiary/aromatic N) is 4. The third-order valence-electron chi connectivity index (χ3n) is 11.5. The van der Waals surface area contributed by atoms with Crippen molar-refractivity contribution in [1.29, 1.82) is 0 Å². The Bertz CT molecular complexity index is 2220. The Morgan fingerprint density at radius 1 is 0.719 bits per heavy atom. The summed E-state index contributed by atoms with van der Waals surface area (Å²) < 4.78 is 10.1. The quantitative estimate of drug-likeness (QED) is 0.119. The number of carbonyl (C=O) groups excluding carboxylic acids is 4. The van der Waals surface area contributed by atoms with Crippen molar-refractivity contribution in [2.24, 2.45) is 11.7 Å². The average Bonchev–Trinajstić information content (AvgIpc) is 4.09. The van der Waals surface area contributed by atoms with Crippen LogP contribution >= 0.6 is 0 Å². The number of primary amides is 1. The van der Waals surface area contributed by atoms with Crippen molar-refractivity contribution in [2.45, 2.75) is 69.2 Å². The van der Waals surface area contributed by atoms with Crippen molar-refractivity contribution in [3.63, 3.8) is 0 Å². The SMILES string of the molecule is COC(=O)N[C@H]1CCC[C@@H]1C(=O)N1CCC[C@H]1c1ncc(-c2ccc(-c3ccc(-c4cnc([C@@H]5CCCN5C(=O)[C@H](OC(N)=O)c5ccccc5)[nH]4)cc3)cc2)[nH]1. The second-order valence-corrected chi connectivity index (χ2v) is 14.9. The molecule has 1 saturated carbocycles. The summed E-state index contributed by atoms with van der Waals surface area (Å²) in [5.41, 5.74) is 11.7. The maximum Gasteiger partial charge on any atom is 0.407 e. The number of H-pyrrole nitrogens is 2. The molecule has 1 aliphatic carbocycles. The molecule has 3 aromatic carbocycles. The molecule has 4 heterocycles. The summed E-state index contributed by atoms with van der Waals surface area (Å²) >= 11 is 0. The van der Waals surface area contributed by atoms with Crippen LogP contribution in [0.4, 0.5) is 9.59 Å². The predicted octanol–water partition coefficient (Wildman–Crippen LogP) is 6.82. The van der Waals surface area contributed by atoms with Crippen LogP contribution in [0.15, 0.2) is 91.3 Å². The lowest BCUT2D eigenvalue weighted by Gasteiger charge is -2.29. The Kier molecular flexibility index (Phi) is 10.7. The number of carbonyl (C=O) groups is 4. The Balaban J connectivity index is 0.914. The molecular formula is C43H46N8O6. The van der Waals surface area contributed by atoms with Gasteiger partial charge in [0.15, 0.2) is 0 Å². The lowest BCUT2D eigenvalue weighted by molar-refractivity contribution is -0.141. The van der Waals surface area contributed by atoms with Gasteiger partial charge in [-0.2, -0.15) is 0 Å². The van der Waals surface area contributed by atoms with Gasteiger partial charge in [-0.15, -0.1) is 0 Å². The third kappa shape index (κ3) is 7.84. The summed E-state index contributed by atoms with van der Waals surface area (Å²) in [4.78, 5) is 70.9. The number of alkyl carbamates (subject to hydrolysis) is 1. The summed E-state index contributed by atoms with van der Waals surface area (Å²) in [7, 11) is 1.34. The van der Waals surface area contributed by atoms with Crippen molar-refractivity contribution in [3.05, 3.63) is 108 Å². The fourth-order valence-electron chi connectivity index (χ4n) is 8.63. The zero-order valence-corrected chi connectivity index (χ0v) is 31.7. The molecule has 0 bridgehead atoms. The van der Waals surface area contributed by atoms with Gasteiger partial charge in [-0.05, 0) is 60.8 Å². The molecule has 2 saturated heterocycles. The third-order valence-corrected chi connectivity index (χ3v) is 11.5. The topological polar surface area (TPSA) is 189 Å². The van der Waals surface area contributed by atoms with Crippen molar-refractivity contribution in [3.8, 4) is 33.6 Å². The maximum absolute atomic E-state index is 13.7. The molecule has 0 unspecified atom stereocenters. The van der Waals surface area contributed by atoms with E-state index in [1.54, 1.807) is 35.4 Å². The first kappa shape index (κ1) is 37.5. The zero-order valence-electron chi connectivity index (χ0n) is 31.7. The number of aromatic amines is 2. The number of rotatable bonds is 10. The molecule has 57 heavy (non-hydrogen) atoms. The Morgan fingerprint density at radius 2 is 1.26 bits per heavy atom. The minimum absolute atomic E-state index is 0.0658. The number of methoxy groups -OCH3 is 1. The summed E-state index contributed by atoms with van der Waals surface area (Å²) in [5, 5.41) is 2.85. The minimum atomic E-state index is -1.13. The Hall–Kier alpha value is -6.44. The van der Waals surface area contributed by atoms with E-state index < -0.39 is 18.3 Å². The molecule has 5 N–H and O–H groups in total. The summed E-state index contributed by atoms with van der Waals surface area (Å²) in [5.74, 6) is 0.917. The highest BCUT2D eigenvalue weighted by molar-refractivity contribution is 5.85. The highest BCUT2D eigenvalue weighted by atomic mass is 16.6. The smallest absolute Gasteiger partial charge is 0.407 e. The van der Waals surface area contributed by atoms with Crippen LogP contribution in [0, 0.1) is 5.92 Å². The van der Waals surface area contributed by atoms with Crippen LogP contribution in [0.2, 0.25) is 0 Å². The molecule has 14 nitrogen and oxygen atoms in total. The van der Waals surface area contributed by atoms with Crippen LogP contribution in [-0.2, 0) is 19.1 Å². The number of nitrogens with two attached hydrogens (primary N) is 1. The van der Waals surface area contributed by atoms with Crippen LogP contribution in [-0.4, -0.2) is 80.0 Å². The summed E-state index contributed by atoms with van der Waals surface area (Å²) in [6, 6.07) is 24.7. The number of benzene rings is 3. The van der Waals surface area contributed by atoms with Crippen molar-refractivity contribution in [1.82, 2.24) is 35.1 Å². The fraction of sp³-hybridized carbons (Fsp3) is 0.349. The average molecular weight is 771 g/mol. The van der Waals surface area contributed by atoms with E-state index in [2.05, 4.69) is 56.7 Å². The van der Waals surface area contributed by atoms with E-state index in [9.17, 15) is 19.2 Å². The maximum atomic E-state index is 13.7. The lowest BCUT2D eigenvalue weighted by Crippen LogP contribution is -2.45. The molecule has 5 atom stereocenters. The molecular weight excluding hydrogens is 725 g/mol. The summed E-state index contributed by atoms with van der Waals surface area (Å²) in [6.45, 7) is 1.18. The van der Waals surface area contributed by atoms with Gasteiger partial charge in [-0.25, -0.2) is 19.6 Å². The number of likely N-dealkylation sites (tertiary alicyclic amines) is 2. The van der Waals surface area contributed by atoms with Crippen LogP contribution in [0.25, 0.3) is 33.6 Å². The molecule has 0 spiro atoms. The van der Waals surface area contributed by atoms with E-state index in [-0.39, 0.29) is 35.9 Å². The molecule has 5 aromatic rings. The van der Waals surface area contributed by atoms with Crippen molar-refractivity contribution >= 4 is 24.0 Å². The van der Waals surface area contributed by atoms with Crippen LogP contribution in [0.1, 0.15) is 80.3 Å². The number of hydrogen-bond acceptors (Lipinski definition) is 8. The van der Waals surface area contributed by atoms with E-state index in [1.807, 2.05) is 29.3 Å². The van der Waals surface area contributed by atoms with Crippen LogP contribution in [0.3, 0.4) is 0 Å². The monoisotopic (exact) mass is 770 g/mol. The van der Waals surface area contributed by atoms with Gasteiger partial charge in [0.1, 0.15) is 11.6 Å². The molecule has 8 rings (SSSR count). The number of imidazole rings is 2. The molecule has 2 aromatic heterocycles. The van der Waals surface area contributed by atoms with Gasteiger partial charge in [0, 0.05) is 24.7 Å². The van der Waals surface area contributed by atoms with E-state index in [0.29, 0.717) is 24.5 Å². The van der Waals surface area contributed by atoms with E-state index >= 15 is 0 Å². The van der Waals surface area contributed by atoms with Gasteiger partial charge in [-0.3, -0.25) is 9.59 Å². The van der Waals surface area contributed by atoms with Crippen LogP contribution < -0.4 is 11.1 Å². The Morgan fingerprint density at radius 3 is 1.82 bits per heavy atom. The summed E-state index contributed by atoms with van der Waals surface area (Å²) in [6.07, 6.45) is 6.61. The highest BCUT2D eigenvalue weighted by Crippen LogP contribution is 2.38. The fourth-order valence-corrected chi connectivity index (χ4v) is 8.63. The van der Waals surface area contributed by atoms with Gasteiger partial charge in [0.25, 0.3) is 5.91 Å². The number of aromatic nitrogens is 4. The second kappa shape index (κ2) is 16.3. The number of hydrogen-bond donors (Lipinski definition) is 4. The zero-order chi connectivity index (χ0) is 39.5. The number of amides is 4. The number of nitrogens with one attached hydrogen (secondary N) is 3. The molecule has 2 aliphatic heterocycles. The van der Waals surface area contributed by atoms with Gasteiger partial charge in [0.05, 0.1) is 48.9 Å². The molecule has 294 valence electrons. The molecule has 4 amide bonds.